The molecule has 2 aromatic heterocycles. The summed E-state index contributed by atoms with van der Waals surface area (Å²) >= 11 is 16.8. The van der Waals surface area contributed by atoms with Gasteiger partial charge in [0.2, 0.25) is 11.8 Å². The van der Waals surface area contributed by atoms with Crippen molar-refractivity contribution in [2.45, 2.75) is 4.84 Å². The number of rotatable bonds is 2. The summed E-state index contributed by atoms with van der Waals surface area (Å²) in [4.78, 5) is 3.05. The topological polar surface area (TPSA) is 51.8 Å². The molecular weight excluding hydrogens is 260 g/mol. The van der Waals surface area contributed by atoms with Crippen molar-refractivity contribution in [1.82, 2.24) is 15.2 Å². The minimum atomic E-state index is -0.827. The van der Waals surface area contributed by atoms with Crippen LogP contribution in [0.5, 0.6) is 0 Å². The summed E-state index contributed by atoms with van der Waals surface area (Å²) in [5.74, 6) is 0.462. The summed E-state index contributed by atoms with van der Waals surface area (Å²) in [7, 11) is 0. The Morgan fingerprint density at radius 3 is 2.53 bits per heavy atom. The normalized spacial score (nSPS) is 10.9. The Hall–Kier alpha value is -0.840. The van der Waals surface area contributed by atoms with Crippen molar-refractivity contribution >= 4 is 34.8 Å². The standard InChI is InChI=1S/C8H4Cl3N3O/c9-5-2-1-4(3-12-5)7-13-14-8(15-7)6(10)11/h1-3,6H. The monoisotopic (exact) mass is 263 g/mol. The van der Waals surface area contributed by atoms with Gasteiger partial charge in [-0.05, 0) is 12.1 Å². The highest BCUT2D eigenvalue weighted by Gasteiger charge is 2.14. The predicted molar refractivity (Wildman–Crippen MR) is 57.0 cm³/mol. The maximum atomic E-state index is 5.63. The molecule has 15 heavy (non-hydrogen) atoms. The summed E-state index contributed by atoms with van der Waals surface area (Å²) in [6, 6.07) is 3.34. The van der Waals surface area contributed by atoms with Gasteiger partial charge in [0.1, 0.15) is 5.15 Å². The molecule has 0 saturated carbocycles. The van der Waals surface area contributed by atoms with Gasteiger partial charge >= 0.3 is 0 Å². The van der Waals surface area contributed by atoms with Gasteiger partial charge in [0.15, 0.2) is 4.84 Å². The Labute approximate surface area is 100 Å². The number of halogens is 3. The SMILES string of the molecule is Clc1ccc(-c2nnc(C(Cl)Cl)o2)cn1. The van der Waals surface area contributed by atoms with Gasteiger partial charge in [0.05, 0.1) is 5.56 Å². The van der Waals surface area contributed by atoms with E-state index in [1.54, 1.807) is 12.1 Å². The van der Waals surface area contributed by atoms with E-state index >= 15 is 0 Å². The zero-order valence-electron chi connectivity index (χ0n) is 7.19. The highest BCUT2D eigenvalue weighted by Crippen LogP contribution is 2.26. The molecule has 78 valence electrons. The maximum Gasteiger partial charge on any atom is 0.249 e. The van der Waals surface area contributed by atoms with Crippen molar-refractivity contribution in [2.75, 3.05) is 0 Å². The number of nitrogens with zero attached hydrogens (tertiary/aromatic N) is 3. The predicted octanol–water partition coefficient (Wildman–Crippen LogP) is 3.26. The van der Waals surface area contributed by atoms with Gasteiger partial charge in [-0.3, -0.25) is 0 Å². The van der Waals surface area contributed by atoms with E-state index < -0.39 is 4.84 Å². The van der Waals surface area contributed by atoms with Gasteiger partial charge in [-0.1, -0.05) is 34.8 Å². The summed E-state index contributed by atoms with van der Waals surface area (Å²) in [5.41, 5.74) is 0.659. The van der Waals surface area contributed by atoms with Crippen molar-refractivity contribution in [3.8, 4) is 11.5 Å². The quantitative estimate of drug-likeness (QED) is 0.617. The molecule has 0 aliphatic heterocycles. The van der Waals surface area contributed by atoms with Crippen molar-refractivity contribution in [3.63, 3.8) is 0 Å². The Kier molecular flexibility index (Phi) is 3.09. The highest BCUT2D eigenvalue weighted by atomic mass is 35.5. The van der Waals surface area contributed by atoms with Crippen LogP contribution in [0.25, 0.3) is 11.5 Å². The van der Waals surface area contributed by atoms with Crippen molar-refractivity contribution in [1.29, 1.82) is 0 Å². The van der Waals surface area contributed by atoms with Crippen LogP contribution in [0.15, 0.2) is 22.7 Å². The molecule has 4 nitrogen and oxygen atoms in total. The second-order valence-electron chi connectivity index (χ2n) is 2.62. The maximum absolute atomic E-state index is 5.63. The molecule has 2 rings (SSSR count). The second kappa shape index (κ2) is 4.35. The van der Waals surface area contributed by atoms with Crippen molar-refractivity contribution in [3.05, 3.63) is 29.4 Å². The molecule has 0 fully saturated rings. The molecule has 0 atom stereocenters. The van der Waals surface area contributed by atoms with Gasteiger partial charge in [0, 0.05) is 6.20 Å². The number of hydrogen-bond acceptors (Lipinski definition) is 4. The Morgan fingerprint density at radius 2 is 2.00 bits per heavy atom. The fraction of sp³-hybridized carbons (Fsp3) is 0.125. The van der Waals surface area contributed by atoms with E-state index in [1.807, 2.05) is 0 Å². The fourth-order valence-electron chi connectivity index (χ4n) is 0.942. The van der Waals surface area contributed by atoms with Crippen LogP contribution in [0, 0.1) is 0 Å². The van der Waals surface area contributed by atoms with Crippen LogP contribution in [-0.4, -0.2) is 15.2 Å². The summed E-state index contributed by atoms with van der Waals surface area (Å²) in [6.45, 7) is 0. The van der Waals surface area contributed by atoms with Gasteiger partial charge in [-0.2, -0.15) is 0 Å². The third-order valence-corrected chi connectivity index (χ3v) is 2.20. The van der Waals surface area contributed by atoms with Gasteiger partial charge < -0.3 is 4.42 Å². The summed E-state index contributed by atoms with van der Waals surface area (Å²) in [5, 5.41) is 7.84. The van der Waals surface area contributed by atoms with E-state index in [4.69, 9.17) is 39.2 Å². The molecule has 0 aliphatic carbocycles. The molecule has 0 N–H and O–H groups in total. The molecule has 0 saturated heterocycles. The first kappa shape index (κ1) is 10.7. The molecule has 0 unspecified atom stereocenters. The molecule has 0 bridgehead atoms. The van der Waals surface area contributed by atoms with Gasteiger partial charge in [0.25, 0.3) is 0 Å². The fourth-order valence-corrected chi connectivity index (χ4v) is 1.23. The molecule has 2 aromatic rings. The molecule has 2 heterocycles. The number of alkyl halides is 2. The summed E-state index contributed by atoms with van der Waals surface area (Å²) < 4.78 is 5.20. The highest BCUT2D eigenvalue weighted by molar-refractivity contribution is 6.43. The van der Waals surface area contributed by atoms with E-state index in [0.29, 0.717) is 16.6 Å². The lowest BCUT2D eigenvalue weighted by Crippen LogP contribution is -1.80. The van der Waals surface area contributed by atoms with E-state index in [2.05, 4.69) is 15.2 Å². The average molecular weight is 264 g/mol. The number of hydrogen-bond donors (Lipinski definition) is 0. The first-order chi connectivity index (χ1) is 7.16. The lowest BCUT2D eigenvalue weighted by Gasteiger charge is -1.93. The Balaban J connectivity index is 2.33. The van der Waals surface area contributed by atoms with Crippen molar-refractivity contribution < 1.29 is 4.42 Å². The van der Waals surface area contributed by atoms with Gasteiger partial charge in [-0.25, -0.2) is 4.98 Å². The largest absolute Gasteiger partial charge is 0.418 e. The van der Waals surface area contributed by atoms with Crippen LogP contribution >= 0.6 is 34.8 Å². The first-order valence-corrected chi connectivity index (χ1v) is 5.15. The third-order valence-electron chi connectivity index (χ3n) is 1.60. The van der Waals surface area contributed by atoms with E-state index in [9.17, 15) is 0 Å². The Morgan fingerprint density at radius 1 is 1.20 bits per heavy atom. The molecule has 0 aromatic carbocycles. The van der Waals surface area contributed by atoms with Crippen molar-refractivity contribution in [2.24, 2.45) is 0 Å². The lowest BCUT2D eigenvalue weighted by atomic mass is 10.3. The minimum absolute atomic E-state index is 0.156. The molecule has 0 spiro atoms. The molecule has 0 aliphatic rings. The van der Waals surface area contributed by atoms with Crippen LogP contribution in [0.1, 0.15) is 10.7 Å². The van der Waals surface area contributed by atoms with Crippen LogP contribution in [0.3, 0.4) is 0 Å². The van der Waals surface area contributed by atoms with Gasteiger partial charge in [-0.15, -0.1) is 10.2 Å². The second-order valence-corrected chi connectivity index (χ2v) is 4.10. The van der Waals surface area contributed by atoms with Crippen LogP contribution < -0.4 is 0 Å². The Bertz CT molecular complexity index is 454. The zero-order chi connectivity index (χ0) is 10.8. The molecule has 7 heteroatoms. The van der Waals surface area contributed by atoms with Crippen LogP contribution in [0.4, 0.5) is 0 Å². The lowest BCUT2D eigenvalue weighted by molar-refractivity contribution is 0.523. The van der Waals surface area contributed by atoms with E-state index in [0.717, 1.165) is 0 Å². The number of pyridine rings is 1. The van der Waals surface area contributed by atoms with E-state index in [1.165, 1.54) is 6.20 Å². The zero-order valence-corrected chi connectivity index (χ0v) is 9.46. The van der Waals surface area contributed by atoms with E-state index in [-0.39, 0.29) is 5.89 Å². The summed E-state index contributed by atoms with van der Waals surface area (Å²) in [6.07, 6.45) is 1.52. The first-order valence-electron chi connectivity index (χ1n) is 3.90. The van der Waals surface area contributed by atoms with Crippen LogP contribution in [-0.2, 0) is 0 Å². The smallest absolute Gasteiger partial charge is 0.249 e. The average Bonchev–Trinajstić information content (AvgIpc) is 2.68. The molecule has 0 radical (unpaired) electrons. The molecular formula is C8H4Cl3N3O. The minimum Gasteiger partial charge on any atom is -0.418 e. The molecule has 0 amide bonds. The third kappa shape index (κ3) is 2.40. The van der Waals surface area contributed by atoms with Crippen LogP contribution in [0.2, 0.25) is 5.15 Å². The number of aromatic nitrogens is 3.